The number of hydrogen-bond donors (Lipinski definition) is 1. The van der Waals surface area contributed by atoms with E-state index in [0.717, 1.165) is 34.1 Å². The van der Waals surface area contributed by atoms with Crippen LogP contribution in [0.1, 0.15) is 17.0 Å². The number of pyridine rings is 1. The van der Waals surface area contributed by atoms with Crippen molar-refractivity contribution >= 4 is 34.7 Å². The lowest BCUT2D eigenvalue weighted by Gasteiger charge is -2.23. The van der Waals surface area contributed by atoms with Crippen molar-refractivity contribution < 1.29 is 0 Å². The summed E-state index contributed by atoms with van der Waals surface area (Å²) in [6.07, 6.45) is 2.03. The summed E-state index contributed by atoms with van der Waals surface area (Å²) in [4.78, 5) is 8.21. The molecule has 1 aromatic carbocycles. The van der Waals surface area contributed by atoms with Gasteiger partial charge in [-0.1, -0.05) is 24.4 Å². The van der Waals surface area contributed by atoms with Gasteiger partial charge in [0, 0.05) is 28.9 Å². The molecule has 0 spiro atoms. The average molecular weight is 317 g/mol. The monoisotopic (exact) mass is 317 g/mol. The second kappa shape index (κ2) is 6.91. The third-order valence-corrected chi connectivity index (χ3v) is 4.21. The SMILES string of the molecule is CSc1cccc(N(C)Cc2cccc(C)n2)c1C(N)=S. The molecule has 0 bridgehead atoms. The standard InChI is InChI=1S/C16H19N3S2/c1-11-6-4-7-12(18-11)10-19(2)13-8-5-9-14(21-3)15(13)16(17)20/h4-9H,10H2,1-3H3,(H2,17,20). The molecule has 0 fully saturated rings. The minimum atomic E-state index is 0.430. The Bertz CT molecular complexity index is 656. The number of nitrogens with zero attached hydrogens (tertiary/aromatic N) is 2. The second-order valence-corrected chi connectivity index (χ2v) is 6.13. The topological polar surface area (TPSA) is 42.2 Å². The Morgan fingerprint density at radius 1 is 1.29 bits per heavy atom. The molecule has 0 atom stereocenters. The van der Waals surface area contributed by atoms with Crippen LogP contribution in [-0.2, 0) is 6.54 Å². The molecule has 1 heterocycles. The minimum Gasteiger partial charge on any atom is -0.389 e. The summed E-state index contributed by atoms with van der Waals surface area (Å²) in [6.45, 7) is 2.72. The molecular formula is C16H19N3S2. The molecule has 0 aliphatic heterocycles. The molecule has 1 aromatic heterocycles. The number of aryl methyl sites for hydroxylation is 1. The highest BCUT2D eigenvalue weighted by atomic mass is 32.2. The van der Waals surface area contributed by atoms with Crippen LogP contribution in [0.2, 0.25) is 0 Å². The maximum atomic E-state index is 5.92. The molecule has 110 valence electrons. The Morgan fingerprint density at radius 3 is 2.62 bits per heavy atom. The van der Waals surface area contributed by atoms with E-state index in [0.29, 0.717) is 4.99 Å². The Balaban J connectivity index is 2.35. The largest absolute Gasteiger partial charge is 0.389 e. The van der Waals surface area contributed by atoms with Gasteiger partial charge in [-0.2, -0.15) is 0 Å². The summed E-state index contributed by atoms with van der Waals surface area (Å²) < 4.78 is 0. The van der Waals surface area contributed by atoms with Gasteiger partial charge < -0.3 is 10.6 Å². The van der Waals surface area contributed by atoms with Gasteiger partial charge in [-0.05, 0) is 37.4 Å². The predicted molar refractivity (Wildman–Crippen MR) is 95.2 cm³/mol. The molecule has 2 aromatic rings. The van der Waals surface area contributed by atoms with Crippen molar-refractivity contribution in [3.63, 3.8) is 0 Å². The van der Waals surface area contributed by atoms with Crippen LogP contribution < -0.4 is 10.6 Å². The van der Waals surface area contributed by atoms with Gasteiger partial charge in [0.2, 0.25) is 0 Å². The van der Waals surface area contributed by atoms with Crippen molar-refractivity contribution in [2.45, 2.75) is 18.4 Å². The highest BCUT2D eigenvalue weighted by molar-refractivity contribution is 7.98. The van der Waals surface area contributed by atoms with E-state index in [1.165, 1.54) is 0 Å². The summed E-state index contributed by atoms with van der Waals surface area (Å²) in [5, 5.41) is 0. The van der Waals surface area contributed by atoms with Crippen molar-refractivity contribution in [3.8, 4) is 0 Å². The maximum Gasteiger partial charge on any atom is 0.107 e. The Morgan fingerprint density at radius 2 is 2.00 bits per heavy atom. The first-order chi connectivity index (χ1) is 10.0. The second-order valence-electron chi connectivity index (χ2n) is 4.85. The zero-order valence-corrected chi connectivity index (χ0v) is 14.1. The number of aromatic nitrogens is 1. The van der Waals surface area contributed by atoms with Crippen LogP contribution in [0.15, 0.2) is 41.3 Å². The van der Waals surface area contributed by atoms with E-state index < -0.39 is 0 Å². The van der Waals surface area contributed by atoms with Crippen LogP contribution in [0.5, 0.6) is 0 Å². The summed E-state index contributed by atoms with van der Waals surface area (Å²) in [5.41, 5.74) is 9.95. The molecule has 2 N–H and O–H groups in total. The highest BCUT2D eigenvalue weighted by Gasteiger charge is 2.14. The fraction of sp³-hybridized carbons (Fsp3) is 0.250. The lowest BCUT2D eigenvalue weighted by Crippen LogP contribution is -2.22. The van der Waals surface area contributed by atoms with Gasteiger partial charge in [-0.3, -0.25) is 4.98 Å². The number of thioether (sulfide) groups is 1. The Hall–Kier alpha value is -1.59. The summed E-state index contributed by atoms with van der Waals surface area (Å²) >= 11 is 6.88. The van der Waals surface area contributed by atoms with Gasteiger partial charge in [-0.15, -0.1) is 11.8 Å². The number of thiocarbonyl (C=S) groups is 1. The fourth-order valence-corrected chi connectivity index (χ4v) is 3.18. The molecule has 0 radical (unpaired) electrons. The van der Waals surface area contributed by atoms with Gasteiger partial charge in [0.25, 0.3) is 0 Å². The molecule has 21 heavy (non-hydrogen) atoms. The third kappa shape index (κ3) is 3.74. The highest BCUT2D eigenvalue weighted by Crippen LogP contribution is 2.29. The molecule has 2 rings (SSSR count). The predicted octanol–water partition coefficient (Wildman–Crippen LogP) is 3.38. The molecule has 0 saturated heterocycles. The van der Waals surface area contributed by atoms with Gasteiger partial charge in [0.05, 0.1) is 12.2 Å². The van der Waals surface area contributed by atoms with E-state index in [4.69, 9.17) is 18.0 Å². The smallest absolute Gasteiger partial charge is 0.107 e. The quantitative estimate of drug-likeness (QED) is 0.676. The molecule has 5 heteroatoms. The first kappa shape index (κ1) is 15.8. The van der Waals surface area contributed by atoms with Crippen molar-refractivity contribution in [1.82, 2.24) is 4.98 Å². The van der Waals surface area contributed by atoms with Gasteiger partial charge in [-0.25, -0.2) is 0 Å². The van der Waals surface area contributed by atoms with Crippen molar-refractivity contribution in [1.29, 1.82) is 0 Å². The third-order valence-electron chi connectivity index (χ3n) is 3.23. The van der Waals surface area contributed by atoms with Crippen molar-refractivity contribution in [2.24, 2.45) is 5.73 Å². The van der Waals surface area contributed by atoms with E-state index >= 15 is 0 Å². The fourth-order valence-electron chi connectivity index (χ4n) is 2.27. The van der Waals surface area contributed by atoms with E-state index in [1.54, 1.807) is 11.8 Å². The summed E-state index contributed by atoms with van der Waals surface area (Å²) in [6, 6.07) is 12.2. The van der Waals surface area contributed by atoms with Crippen LogP contribution in [0, 0.1) is 6.92 Å². The van der Waals surface area contributed by atoms with Gasteiger partial charge in [0.15, 0.2) is 0 Å². The number of rotatable bonds is 5. The van der Waals surface area contributed by atoms with Crippen LogP contribution in [0.25, 0.3) is 0 Å². The zero-order valence-electron chi connectivity index (χ0n) is 12.5. The molecule has 0 amide bonds. The van der Waals surface area contributed by atoms with E-state index in [1.807, 2.05) is 56.6 Å². The normalized spacial score (nSPS) is 10.4. The van der Waals surface area contributed by atoms with Crippen LogP contribution in [-0.4, -0.2) is 23.3 Å². The van der Waals surface area contributed by atoms with Crippen LogP contribution in [0.3, 0.4) is 0 Å². The van der Waals surface area contributed by atoms with Gasteiger partial charge in [0.1, 0.15) is 4.99 Å². The lowest BCUT2D eigenvalue weighted by atomic mass is 10.1. The molecule has 0 aliphatic carbocycles. The molecular weight excluding hydrogens is 298 g/mol. The molecule has 3 nitrogen and oxygen atoms in total. The molecule has 0 saturated carbocycles. The Labute approximate surface area is 135 Å². The number of anilines is 1. The number of hydrogen-bond acceptors (Lipinski definition) is 4. The van der Waals surface area contributed by atoms with Gasteiger partial charge >= 0.3 is 0 Å². The first-order valence-electron chi connectivity index (χ1n) is 6.63. The Kier molecular flexibility index (Phi) is 5.20. The van der Waals surface area contributed by atoms with E-state index in [2.05, 4.69) is 9.88 Å². The molecule has 0 unspecified atom stereocenters. The average Bonchev–Trinajstić information content (AvgIpc) is 2.46. The summed E-state index contributed by atoms with van der Waals surface area (Å²) in [5.74, 6) is 0. The van der Waals surface area contributed by atoms with Crippen molar-refractivity contribution in [3.05, 3.63) is 53.3 Å². The van der Waals surface area contributed by atoms with E-state index in [9.17, 15) is 0 Å². The maximum absolute atomic E-state index is 5.92. The molecule has 0 aliphatic rings. The van der Waals surface area contributed by atoms with E-state index in [-0.39, 0.29) is 0 Å². The number of benzene rings is 1. The summed E-state index contributed by atoms with van der Waals surface area (Å²) in [7, 11) is 2.03. The number of nitrogens with two attached hydrogens (primary N) is 1. The minimum absolute atomic E-state index is 0.430. The van der Waals surface area contributed by atoms with Crippen molar-refractivity contribution in [2.75, 3.05) is 18.2 Å². The first-order valence-corrected chi connectivity index (χ1v) is 8.26. The van der Waals surface area contributed by atoms with Crippen LogP contribution in [0.4, 0.5) is 5.69 Å². The lowest BCUT2D eigenvalue weighted by molar-refractivity contribution is 0.874. The zero-order chi connectivity index (χ0) is 15.4. The van der Waals surface area contributed by atoms with Crippen LogP contribution >= 0.6 is 24.0 Å².